The van der Waals surface area contributed by atoms with E-state index in [9.17, 15) is 18.4 Å². The quantitative estimate of drug-likeness (QED) is 0.660. The molecule has 2 heterocycles. The maximum absolute atomic E-state index is 13.3. The van der Waals surface area contributed by atoms with Crippen LogP contribution in [0, 0.1) is 11.6 Å². The highest BCUT2D eigenvalue weighted by atomic mass is 19.1. The maximum atomic E-state index is 13.3. The van der Waals surface area contributed by atoms with Crippen molar-refractivity contribution in [2.24, 2.45) is 0 Å². The Kier molecular flexibility index (Phi) is 6.30. The predicted octanol–water partition coefficient (Wildman–Crippen LogP) is 3.75. The third kappa shape index (κ3) is 4.54. The van der Waals surface area contributed by atoms with Crippen LogP contribution in [0.2, 0.25) is 0 Å². The lowest BCUT2D eigenvalue weighted by Gasteiger charge is -2.32. The second kappa shape index (κ2) is 9.30. The molecule has 6 nitrogen and oxygen atoms in total. The maximum Gasteiger partial charge on any atom is 0.257 e. The first-order chi connectivity index (χ1) is 15.5. The molecule has 0 unspecified atom stereocenters. The number of piperidine rings is 1. The van der Waals surface area contributed by atoms with Gasteiger partial charge in [-0.25, -0.2) is 13.5 Å². The van der Waals surface area contributed by atoms with E-state index in [0.29, 0.717) is 49.2 Å². The van der Waals surface area contributed by atoms with Crippen LogP contribution in [0.3, 0.4) is 0 Å². The highest BCUT2D eigenvalue weighted by Gasteiger charge is 2.27. The number of amides is 2. The number of rotatable bonds is 5. The lowest BCUT2D eigenvalue weighted by atomic mass is 10.0. The fraction of sp³-hybridized carbons (Fsp3) is 0.292. The van der Waals surface area contributed by atoms with Crippen molar-refractivity contribution in [1.29, 1.82) is 0 Å². The summed E-state index contributed by atoms with van der Waals surface area (Å²) in [6.07, 6.45) is 3.42. The van der Waals surface area contributed by atoms with Gasteiger partial charge in [-0.15, -0.1) is 0 Å². The Hall–Kier alpha value is -3.55. The van der Waals surface area contributed by atoms with Gasteiger partial charge in [0.05, 0.1) is 23.1 Å². The zero-order chi connectivity index (χ0) is 22.7. The molecule has 166 valence electrons. The molecular formula is C24H24F2N4O2. The van der Waals surface area contributed by atoms with Crippen LogP contribution in [0.15, 0.2) is 54.7 Å². The number of carbonyl (C=O) groups is 2. The number of hydrogen-bond donors (Lipinski definition) is 1. The van der Waals surface area contributed by atoms with Crippen molar-refractivity contribution in [2.75, 3.05) is 13.1 Å². The van der Waals surface area contributed by atoms with E-state index >= 15 is 0 Å². The lowest BCUT2D eigenvalue weighted by Crippen LogP contribution is -2.46. The molecule has 32 heavy (non-hydrogen) atoms. The molecule has 0 aliphatic carbocycles. The zero-order valence-electron chi connectivity index (χ0n) is 17.7. The molecule has 0 atom stereocenters. The second-order valence-electron chi connectivity index (χ2n) is 7.79. The highest BCUT2D eigenvalue weighted by Crippen LogP contribution is 2.20. The molecule has 0 spiro atoms. The molecule has 0 radical (unpaired) electrons. The van der Waals surface area contributed by atoms with E-state index in [1.807, 2.05) is 6.92 Å². The van der Waals surface area contributed by atoms with Gasteiger partial charge in [0, 0.05) is 24.7 Å². The minimum Gasteiger partial charge on any atom is -0.349 e. The molecule has 1 aliphatic heterocycles. The van der Waals surface area contributed by atoms with Gasteiger partial charge in [-0.2, -0.15) is 5.10 Å². The first-order valence-corrected chi connectivity index (χ1v) is 10.6. The Morgan fingerprint density at radius 2 is 1.59 bits per heavy atom. The summed E-state index contributed by atoms with van der Waals surface area (Å²) >= 11 is 0. The summed E-state index contributed by atoms with van der Waals surface area (Å²) in [6, 6.07) is 11.4. The Bertz CT molecular complexity index is 1100. The highest BCUT2D eigenvalue weighted by molar-refractivity contribution is 5.96. The summed E-state index contributed by atoms with van der Waals surface area (Å²) in [4.78, 5) is 27.3. The molecule has 1 saturated heterocycles. The standard InChI is InChI=1S/C24H24F2N4O2/c1-2-22-21(15-27-30(22)20-9-7-18(26)8-10-20)24(32)29-13-11-19(12-14-29)28-23(31)16-3-5-17(25)6-4-16/h3-10,15,19H,2,11-14H2,1H3,(H,28,31). The van der Waals surface area contributed by atoms with Crippen LogP contribution in [0.25, 0.3) is 5.69 Å². The smallest absolute Gasteiger partial charge is 0.257 e. The number of aromatic nitrogens is 2. The number of carbonyl (C=O) groups excluding carboxylic acids is 2. The molecule has 1 fully saturated rings. The molecule has 8 heteroatoms. The van der Waals surface area contributed by atoms with E-state index in [0.717, 1.165) is 5.69 Å². The predicted molar refractivity (Wildman–Crippen MR) is 116 cm³/mol. The van der Waals surface area contributed by atoms with E-state index in [1.165, 1.54) is 36.4 Å². The van der Waals surface area contributed by atoms with Crippen molar-refractivity contribution in [3.63, 3.8) is 0 Å². The summed E-state index contributed by atoms with van der Waals surface area (Å²) in [6.45, 7) is 2.97. The third-order valence-corrected chi connectivity index (χ3v) is 5.73. The topological polar surface area (TPSA) is 67.2 Å². The van der Waals surface area contributed by atoms with Crippen molar-refractivity contribution >= 4 is 11.8 Å². The minimum absolute atomic E-state index is 0.0517. The van der Waals surface area contributed by atoms with Crippen LogP contribution < -0.4 is 5.32 Å². The van der Waals surface area contributed by atoms with Crippen LogP contribution in [0.4, 0.5) is 8.78 Å². The van der Waals surface area contributed by atoms with Gasteiger partial charge in [-0.05, 0) is 67.8 Å². The monoisotopic (exact) mass is 438 g/mol. The first kappa shape index (κ1) is 21.7. The molecule has 2 amide bonds. The number of nitrogens with one attached hydrogen (secondary N) is 1. The van der Waals surface area contributed by atoms with E-state index < -0.39 is 0 Å². The molecule has 3 aromatic rings. The summed E-state index contributed by atoms with van der Waals surface area (Å²) in [7, 11) is 0. The van der Waals surface area contributed by atoms with Crippen LogP contribution in [0.5, 0.6) is 0 Å². The van der Waals surface area contributed by atoms with E-state index in [4.69, 9.17) is 0 Å². The van der Waals surface area contributed by atoms with E-state index in [2.05, 4.69) is 10.4 Å². The second-order valence-corrected chi connectivity index (χ2v) is 7.79. The number of halogens is 2. The normalized spacial score (nSPS) is 14.4. The van der Waals surface area contributed by atoms with Crippen molar-refractivity contribution in [1.82, 2.24) is 20.0 Å². The first-order valence-electron chi connectivity index (χ1n) is 10.6. The molecular weight excluding hydrogens is 414 g/mol. The van der Waals surface area contributed by atoms with Gasteiger partial charge >= 0.3 is 0 Å². The van der Waals surface area contributed by atoms with Crippen molar-refractivity contribution in [3.05, 3.63) is 83.2 Å². The Morgan fingerprint density at radius 3 is 2.19 bits per heavy atom. The molecule has 1 aliphatic rings. The van der Waals surface area contributed by atoms with Gasteiger partial charge in [0.25, 0.3) is 11.8 Å². The van der Waals surface area contributed by atoms with E-state index in [-0.39, 0.29) is 29.5 Å². The summed E-state index contributed by atoms with van der Waals surface area (Å²) < 4.78 is 28.0. The van der Waals surface area contributed by atoms with Crippen molar-refractivity contribution in [2.45, 2.75) is 32.2 Å². The average Bonchev–Trinajstić information content (AvgIpc) is 3.24. The fourth-order valence-electron chi connectivity index (χ4n) is 3.96. The van der Waals surface area contributed by atoms with Gasteiger partial charge in [0.15, 0.2) is 0 Å². The van der Waals surface area contributed by atoms with Crippen LogP contribution in [-0.4, -0.2) is 45.6 Å². The third-order valence-electron chi connectivity index (χ3n) is 5.73. The molecule has 1 N–H and O–H groups in total. The summed E-state index contributed by atoms with van der Waals surface area (Å²) in [5.41, 5.74) is 2.41. The minimum atomic E-state index is -0.387. The number of nitrogens with zero attached hydrogens (tertiary/aromatic N) is 3. The fourth-order valence-corrected chi connectivity index (χ4v) is 3.96. The summed E-state index contributed by atoms with van der Waals surface area (Å²) in [5, 5.41) is 7.32. The molecule has 0 bridgehead atoms. The van der Waals surface area contributed by atoms with Crippen LogP contribution in [0.1, 0.15) is 46.2 Å². The molecule has 0 saturated carbocycles. The SMILES string of the molecule is CCc1c(C(=O)N2CCC(NC(=O)c3ccc(F)cc3)CC2)cnn1-c1ccc(F)cc1. The molecule has 4 rings (SSSR count). The number of hydrogen-bond acceptors (Lipinski definition) is 3. The molecule has 2 aromatic carbocycles. The number of benzene rings is 2. The molecule has 1 aromatic heterocycles. The average molecular weight is 438 g/mol. The Balaban J connectivity index is 1.40. The lowest BCUT2D eigenvalue weighted by molar-refractivity contribution is 0.0697. The van der Waals surface area contributed by atoms with Gasteiger partial charge in [0.1, 0.15) is 11.6 Å². The van der Waals surface area contributed by atoms with Gasteiger partial charge < -0.3 is 10.2 Å². The Morgan fingerprint density at radius 1 is 1.00 bits per heavy atom. The summed E-state index contributed by atoms with van der Waals surface area (Å²) in [5.74, 6) is -1.06. The number of likely N-dealkylation sites (tertiary alicyclic amines) is 1. The van der Waals surface area contributed by atoms with Crippen LogP contribution >= 0.6 is 0 Å². The van der Waals surface area contributed by atoms with Crippen LogP contribution in [-0.2, 0) is 6.42 Å². The van der Waals surface area contributed by atoms with Gasteiger partial charge in [-0.3, -0.25) is 9.59 Å². The van der Waals surface area contributed by atoms with Crippen molar-refractivity contribution < 1.29 is 18.4 Å². The Labute approximate surface area is 184 Å². The zero-order valence-corrected chi connectivity index (χ0v) is 17.7. The van der Waals surface area contributed by atoms with Gasteiger partial charge in [-0.1, -0.05) is 6.92 Å². The van der Waals surface area contributed by atoms with Gasteiger partial charge in [0.2, 0.25) is 0 Å². The van der Waals surface area contributed by atoms with E-state index in [1.54, 1.807) is 27.9 Å². The van der Waals surface area contributed by atoms with Crippen molar-refractivity contribution in [3.8, 4) is 5.69 Å². The largest absolute Gasteiger partial charge is 0.349 e.